The highest BCUT2D eigenvalue weighted by atomic mass is 19.3. The summed E-state index contributed by atoms with van der Waals surface area (Å²) in [5, 5.41) is 14.2. The van der Waals surface area contributed by atoms with Crippen LogP contribution < -0.4 is 0 Å². The van der Waals surface area contributed by atoms with E-state index in [-0.39, 0.29) is 5.56 Å². The van der Waals surface area contributed by atoms with Crippen LogP contribution in [-0.4, -0.2) is 25.6 Å². The SMILES string of the molecule is OC1c2c(cccc2-c2cnc3cccnn23)CC1(F)F. The topological polar surface area (TPSA) is 50.4 Å². The zero-order chi connectivity index (χ0) is 14.6. The number of alkyl halides is 2. The van der Waals surface area contributed by atoms with Crippen LogP contribution in [0.5, 0.6) is 0 Å². The fraction of sp³-hybridized carbons (Fsp3) is 0.200. The van der Waals surface area contributed by atoms with Crippen LogP contribution in [0, 0.1) is 0 Å². The molecule has 1 aliphatic carbocycles. The number of halogens is 2. The molecule has 1 unspecified atom stereocenters. The van der Waals surface area contributed by atoms with Gasteiger partial charge in [-0.05, 0) is 23.3 Å². The minimum absolute atomic E-state index is 0.273. The van der Waals surface area contributed by atoms with Gasteiger partial charge in [0.05, 0.1) is 11.9 Å². The molecule has 0 saturated carbocycles. The number of hydrogen-bond acceptors (Lipinski definition) is 3. The maximum atomic E-state index is 13.8. The molecule has 1 atom stereocenters. The van der Waals surface area contributed by atoms with E-state index in [1.165, 1.54) is 0 Å². The second-order valence-corrected chi connectivity index (χ2v) is 5.16. The summed E-state index contributed by atoms with van der Waals surface area (Å²) in [4.78, 5) is 4.21. The quantitative estimate of drug-likeness (QED) is 0.748. The first-order valence-corrected chi connectivity index (χ1v) is 6.55. The molecule has 0 radical (unpaired) electrons. The van der Waals surface area contributed by atoms with Gasteiger partial charge in [0.2, 0.25) is 0 Å². The van der Waals surface area contributed by atoms with Crippen LogP contribution in [0.25, 0.3) is 16.9 Å². The Balaban J connectivity index is 1.98. The second kappa shape index (κ2) is 4.08. The fourth-order valence-electron chi connectivity index (χ4n) is 2.89. The molecule has 0 fully saturated rings. The standard InChI is InChI=1S/C15H11F2N3O/c16-15(17)7-9-3-1-4-10(13(9)14(15)21)11-8-18-12-5-2-6-19-20(11)12/h1-6,8,14,21H,7H2. The van der Waals surface area contributed by atoms with Crippen molar-refractivity contribution in [2.24, 2.45) is 0 Å². The second-order valence-electron chi connectivity index (χ2n) is 5.16. The van der Waals surface area contributed by atoms with Crippen LogP contribution in [0.3, 0.4) is 0 Å². The molecule has 1 aliphatic rings. The summed E-state index contributed by atoms with van der Waals surface area (Å²) < 4.78 is 29.1. The highest BCUT2D eigenvalue weighted by molar-refractivity contribution is 5.70. The smallest absolute Gasteiger partial charge is 0.281 e. The van der Waals surface area contributed by atoms with Gasteiger partial charge in [0.25, 0.3) is 5.92 Å². The average Bonchev–Trinajstić information content (AvgIpc) is 2.98. The van der Waals surface area contributed by atoms with Crippen molar-refractivity contribution in [3.8, 4) is 11.3 Å². The van der Waals surface area contributed by atoms with Crippen LogP contribution in [0.4, 0.5) is 8.78 Å². The molecule has 2 heterocycles. The lowest BCUT2D eigenvalue weighted by Crippen LogP contribution is -2.21. The highest BCUT2D eigenvalue weighted by Crippen LogP contribution is 2.46. The van der Waals surface area contributed by atoms with Gasteiger partial charge in [0, 0.05) is 18.2 Å². The van der Waals surface area contributed by atoms with E-state index in [4.69, 9.17) is 0 Å². The summed E-state index contributed by atoms with van der Waals surface area (Å²) in [7, 11) is 0. The fourth-order valence-corrected chi connectivity index (χ4v) is 2.89. The van der Waals surface area contributed by atoms with E-state index in [0.29, 0.717) is 22.5 Å². The molecule has 106 valence electrons. The molecular formula is C15H11F2N3O. The van der Waals surface area contributed by atoms with E-state index in [1.54, 1.807) is 47.2 Å². The van der Waals surface area contributed by atoms with Gasteiger partial charge in [-0.3, -0.25) is 0 Å². The Kier molecular flexibility index (Phi) is 2.41. The summed E-state index contributed by atoms with van der Waals surface area (Å²) in [5.74, 6) is -3.13. The lowest BCUT2D eigenvalue weighted by molar-refractivity contribution is -0.0966. The van der Waals surface area contributed by atoms with Crippen LogP contribution in [0.1, 0.15) is 17.2 Å². The Morgan fingerprint density at radius 1 is 1.24 bits per heavy atom. The number of aliphatic hydroxyl groups is 1. The van der Waals surface area contributed by atoms with Crippen molar-refractivity contribution in [2.45, 2.75) is 18.4 Å². The van der Waals surface area contributed by atoms with Gasteiger partial charge in [-0.1, -0.05) is 18.2 Å². The van der Waals surface area contributed by atoms with Crippen molar-refractivity contribution in [2.75, 3.05) is 0 Å². The minimum atomic E-state index is -3.13. The van der Waals surface area contributed by atoms with Gasteiger partial charge < -0.3 is 5.11 Å². The van der Waals surface area contributed by atoms with Crippen molar-refractivity contribution in [1.29, 1.82) is 0 Å². The van der Waals surface area contributed by atoms with E-state index >= 15 is 0 Å². The molecule has 21 heavy (non-hydrogen) atoms. The maximum Gasteiger partial charge on any atom is 0.281 e. The molecule has 3 aromatic rings. The predicted octanol–water partition coefficient (Wildman–Crippen LogP) is 2.62. The lowest BCUT2D eigenvalue weighted by atomic mass is 10.00. The Bertz CT molecular complexity index is 844. The largest absolute Gasteiger partial charge is 0.382 e. The minimum Gasteiger partial charge on any atom is -0.382 e. The molecule has 0 amide bonds. The number of benzene rings is 1. The Morgan fingerprint density at radius 3 is 2.95 bits per heavy atom. The molecule has 0 spiro atoms. The van der Waals surface area contributed by atoms with Crippen LogP contribution in [-0.2, 0) is 6.42 Å². The number of imidazole rings is 1. The van der Waals surface area contributed by atoms with E-state index in [0.717, 1.165) is 0 Å². The first kappa shape index (κ1) is 12.4. The Hall–Kier alpha value is -2.34. The normalized spacial score (nSPS) is 19.9. The van der Waals surface area contributed by atoms with Crippen LogP contribution >= 0.6 is 0 Å². The third-order valence-corrected chi connectivity index (χ3v) is 3.85. The Morgan fingerprint density at radius 2 is 2.10 bits per heavy atom. The zero-order valence-corrected chi connectivity index (χ0v) is 10.9. The lowest BCUT2D eigenvalue weighted by Gasteiger charge is -2.15. The first-order chi connectivity index (χ1) is 10.1. The molecule has 6 heteroatoms. The summed E-state index contributed by atoms with van der Waals surface area (Å²) in [6.07, 6.45) is 0.951. The number of rotatable bonds is 1. The van der Waals surface area contributed by atoms with Crippen LogP contribution in [0.2, 0.25) is 0 Å². The molecular weight excluding hydrogens is 276 g/mol. The van der Waals surface area contributed by atoms with E-state index < -0.39 is 18.4 Å². The van der Waals surface area contributed by atoms with E-state index in [1.807, 2.05) is 0 Å². The van der Waals surface area contributed by atoms with Gasteiger partial charge in [-0.2, -0.15) is 5.10 Å². The third kappa shape index (κ3) is 1.69. The molecule has 1 aromatic carbocycles. The molecule has 0 saturated heterocycles. The molecule has 0 bridgehead atoms. The number of aromatic nitrogens is 3. The third-order valence-electron chi connectivity index (χ3n) is 3.85. The summed E-state index contributed by atoms with van der Waals surface area (Å²) in [6.45, 7) is 0. The summed E-state index contributed by atoms with van der Waals surface area (Å²) >= 11 is 0. The predicted molar refractivity (Wildman–Crippen MR) is 72.0 cm³/mol. The van der Waals surface area contributed by atoms with Crippen molar-refractivity contribution < 1.29 is 13.9 Å². The summed E-state index contributed by atoms with van der Waals surface area (Å²) in [6, 6.07) is 8.58. The van der Waals surface area contributed by atoms with Crippen molar-refractivity contribution in [3.05, 3.63) is 53.9 Å². The maximum absolute atomic E-state index is 13.8. The number of fused-ring (bicyclic) bond motifs is 2. The van der Waals surface area contributed by atoms with Crippen LogP contribution in [0.15, 0.2) is 42.7 Å². The highest BCUT2D eigenvalue weighted by Gasteiger charge is 2.48. The van der Waals surface area contributed by atoms with Gasteiger partial charge in [0.1, 0.15) is 6.10 Å². The monoisotopic (exact) mass is 287 g/mol. The molecule has 4 nitrogen and oxygen atoms in total. The van der Waals surface area contributed by atoms with Crippen molar-refractivity contribution >= 4 is 5.65 Å². The summed E-state index contributed by atoms with van der Waals surface area (Å²) in [5.41, 5.74) is 2.51. The first-order valence-electron chi connectivity index (χ1n) is 6.55. The Labute approximate surface area is 118 Å². The van der Waals surface area contributed by atoms with E-state index in [2.05, 4.69) is 10.1 Å². The molecule has 2 aromatic heterocycles. The molecule has 1 N–H and O–H groups in total. The molecule has 4 rings (SSSR count). The van der Waals surface area contributed by atoms with Gasteiger partial charge in [0.15, 0.2) is 5.65 Å². The van der Waals surface area contributed by atoms with Gasteiger partial charge in [-0.25, -0.2) is 18.3 Å². The van der Waals surface area contributed by atoms with Gasteiger partial charge >= 0.3 is 0 Å². The van der Waals surface area contributed by atoms with Gasteiger partial charge in [-0.15, -0.1) is 0 Å². The number of aliphatic hydroxyl groups excluding tert-OH is 1. The number of nitrogens with zero attached hydrogens (tertiary/aromatic N) is 3. The van der Waals surface area contributed by atoms with Crippen molar-refractivity contribution in [3.63, 3.8) is 0 Å². The average molecular weight is 287 g/mol. The molecule has 0 aliphatic heterocycles. The van der Waals surface area contributed by atoms with E-state index in [9.17, 15) is 13.9 Å². The number of hydrogen-bond donors (Lipinski definition) is 1. The zero-order valence-electron chi connectivity index (χ0n) is 10.9. The van der Waals surface area contributed by atoms with Crippen molar-refractivity contribution in [1.82, 2.24) is 14.6 Å².